The third-order valence-corrected chi connectivity index (χ3v) is 4.91. The van der Waals surface area contributed by atoms with Crippen LogP contribution in [0.25, 0.3) is 0 Å². The summed E-state index contributed by atoms with van der Waals surface area (Å²) in [6.45, 7) is 2.05. The van der Waals surface area contributed by atoms with Crippen molar-refractivity contribution < 1.29 is 0 Å². The summed E-state index contributed by atoms with van der Waals surface area (Å²) in [4.78, 5) is 10.0. The van der Waals surface area contributed by atoms with Gasteiger partial charge in [-0.15, -0.1) is 11.8 Å². The Hall–Kier alpha value is -0.590. The summed E-state index contributed by atoms with van der Waals surface area (Å²) in [5.41, 5.74) is 6.83. The Balaban J connectivity index is 2.11. The summed E-state index contributed by atoms with van der Waals surface area (Å²) in [6.07, 6.45) is 0.837. The van der Waals surface area contributed by atoms with Crippen molar-refractivity contribution >= 4 is 49.4 Å². The van der Waals surface area contributed by atoms with Gasteiger partial charge in [-0.2, -0.15) is 0 Å². The summed E-state index contributed by atoms with van der Waals surface area (Å²) in [5.74, 6) is 2.00. The van der Waals surface area contributed by atoms with E-state index in [1.807, 2.05) is 12.1 Å². The molecule has 0 atom stereocenters. The number of nitrogens with two attached hydrogens (primary N) is 1. The molecular weight excluding hydrogens is 390 g/mol. The van der Waals surface area contributed by atoms with Gasteiger partial charge in [0.1, 0.15) is 11.6 Å². The molecule has 1 aromatic heterocycles. The van der Waals surface area contributed by atoms with Crippen molar-refractivity contribution in [3.63, 3.8) is 0 Å². The van der Waals surface area contributed by atoms with Crippen molar-refractivity contribution in [1.29, 1.82) is 0 Å². The second kappa shape index (κ2) is 6.72. The average molecular weight is 403 g/mol. The minimum atomic E-state index is 0.512. The lowest BCUT2D eigenvalue weighted by Crippen LogP contribution is -2.04. The van der Waals surface area contributed by atoms with Crippen LogP contribution < -0.4 is 5.73 Å². The van der Waals surface area contributed by atoms with Crippen LogP contribution in [0.2, 0.25) is 0 Å². The maximum absolute atomic E-state index is 5.87. The molecule has 2 rings (SSSR count). The van der Waals surface area contributed by atoms with Gasteiger partial charge in [0.2, 0.25) is 0 Å². The van der Waals surface area contributed by atoms with E-state index >= 15 is 0 Å². The first-order valence-electron chi connectivity index (χ1n) is 5.79. The second-order valence-electron chi connectivity index (χ2n) is 3.88. The SMILES string of the molecule is CCc1nc(CSc2ccc(Br)cc2)nc(N)c1Br. The van der Waals surface area contributed by atoms with Crippen LogP contribution in [0.3, 0.4) is 0 Å². The van der Waals surface area contributed by atoms with Crippen LogP contribution in [0.1, 0.15) is 18.4 Å². The lowest BCUT2D eigenvalue weighted by Gasteiger charge is -2.07. The third kappa shape index (κ3) is 3.94. The zero-order valence-corrected chi connectivity index (χ0v) is 14.3. The number of benzene rings is 1. The predicted octanol–water partition coefficient (Wildman–Crippen LogP) is 4.44. The average Bonchev–Trinajstić information content (AvgIpc) is 2.41. The van der Waals surface area contributed by atoms with E-state index in [-0.39, 0.29) is 0 Å². The van der Waals surface area contributed by atoms with E-state index in [0.29, 0.717) is 11.6 Å². The Kier molecular flexibility index (Phi) is 5.24. The molecule has 0 spiro atoms. The van der Waals surface area contributed by atoms with E-state index in [4.69, 9.17) is 5.73 Å². The van der Waals surface area contributed by atoms with Crippen molar-refractivity contribution in [2.75, 3.05) is 5.73 Å². The van der Waals surface area contributed by atoms with Crippen molar-refractivity contribution in [3.05, 3.63) is 44.7 Å². The number of nitrogens with zero attached hydrogens (tertiary/aromatic N) is 2. The van der Waals surface area contributed by atoms with Crippen LogP contribution in [-0.2, 0) is 12.2 Å². The van der Waals surface area contributed by atoms with Crippen LogP contribution in [-0.4, -0.2) is 9.97 Å². The van der Waals surface area contributed by atoms with Crippen LogP contribution in [0.5, 0.6) is 0 Å². The van der Waals surface area contributed by atoms with Crippen LogP contribution in [0.4, 0.5) is 5.82 Å². The molecular formula is C13H13Br2N3S. The maximum atomic E-state index is 5.87. The number of nitrogen functional groups attached to an aromatic ring is 1. The molecule has 19 heavy (non-hydrogen) atoms. The van der Waals surface area contributed by atoms with Crippen molar-refractivity contribution in [3.8, 4) is 0 Å². The largest absolute Gasteiger partial charge is 0.383 e. The zero-order chi connectivity index (χ0) is 13.8. The van der Waals surface area contributed by atoms with Gasteiger partial charge in [0.25, 0.3) is 0 Å². The molecule has 0 aliphatic heterocycles. The second-order valence-corrected chi connectivity index (χ2v) is 6.64. The molecule has 1 heterocycles. The van der Waals surface area contributed by atoms with Gasteiger partial charge in [-0.25, -0.2) is 9.97 Å². The van der Waals surface area contributed by atoms with E-state index < -0.39 is 0 Å². The first-order chi connectivity index (χ1) is 9.10. The Morgan fingerprint density at radius 2 is 1.84 bits per heavy atom. The van der Waals surface area contributed by atoms with Crippen molar-refractivity contribution in [2.45, 2.75) is 24.0 Å². The molecule has 2 N–H and O–H groups in total. The fourth-order valence-corrected chi connectivity index (χ4v) is 3.02. The number of hydrogen-bond donors (Lipinski definition) is 1. The maximum Gasteiger partial charge on any atom is 0.141 e. The fraction of sp³-hybridized carbons (Fsp3) is 0.231. The number of rotatable bonds is 4. The summed E-state index contributed by atoms with van der Waals surface area (Å²) in [7, 11) is 0. The first kappa shape index (κ1) is 14.8. The number of hydrogen-bond acceptors (Lipinski definition) is 4. The number of anilines is 1. The van der Waals surface area contributed by atoms with E-state index in [0.717, 1.165) is 26.9 Å². The van der Waals surface area contributed by atoms with Gasteiger partial charge in [0, 0.05) is 9.37 Å². The van der Waals surface area contributed by atoms with Gasteiger partial charge in [0.15, 0.2) is 0 Å². The van der Waals surface area contributed by atoms with Crippen LogP contribution in [0.15, 0.2) is 38.1 Å². The van der Waals surface area contributed by atoms with Gasteiger partial charge in [-0.1, -0.05) is 22.9 Å². The Bertz CT molecular complexity index is 573. The summed E-state index contributed by atoms with van der Waals surface area (Å²) >= 11 is 8.54. The van der Waals surface area contributed by atoms with Gasteiger partial charge in [0.05, 0.1) is 15.9 Å². The monoisotopic (exact) mass is 401 g/mol. The highest BCUT2D eigenvalue weighted by Crippen LogP contribution is 2.26. The third-order valence-electron chi connectivity index (χ3n) is 2.51. The predicted molar refractivity (Wildman–Crippen MR) is 87.2 cm³/mol. The normalized spacial score (nSPS) is 10.7. The number of aryl methyl sites for hydroxylation is 1. The standard InChI is InChI=1S/C13H13Br2N3S/c1-2-10-12(15)13(16)18-11(17-10)7-19-9-5-3-8(14)4-6-9/h3-6H,2,7H2,1H3,(H2,16,17,18). The fourth-order valence-electron chi connectivity index (χ4n) is 1.54. The lowest BCUT2D eigenvalue weighted by molar-refractivity contribution is 0.934. The van der Waals surface area contributed by atoms with Crippen LogP contribution >= 0.6 is 43.6 Å². The zero-order valence-electron chi connectivity index (χ0n) is 10.4. The Morgan fingerprint density at radius 1 is 1.16 bits per heavy atom. The van der Waals surface area contributed by atoms with Crippen molar-refractivity contribution in [1.82, 2.24) is 9.97 Å². The van der Waals surface area contributed by atoms with Gasteiger partial charge in [-0.3, -0.25) is 0 Å². The molecule has 0 unspecified atom stereocenters. The molecule has 0 saturated carbocycles. The molecule has 0 bridgehead atoms. The molecule has 6 heteroatoms. The summed E-state index contributed by atoms with van der Waals surface area (Å²) in [5, 5.41) is 0. The summed E-state index contributed by atoms with van der Waals surface area (Å²) < 4.78 is 1.89. The molecule has 0 aliphatic carbocycles. The van der Waals surface area contributed by atoms with E-state index in [9.17, 15) is 0 Å². The van der Waals surface area contributed by atoms with E-state index in [1.54, 1.807) is 11.8 Å². The molecule has 2 aromatic rings. The highest BCUT2D eigenvalue weighted by molar-refractivity contribution is 9.10. The van der Waals surface area contributed by atoms with Gasteiger partial charge >= 0.3 is 0 Å². The molecule has 3 nitrogen and oxygen atoms in total. The number of aromatic nitrogens is 2. The Morgan fingerprint density at radius 3 is 2.47 bits per heavy atom. The Labute approximate surface area is 133 Å². The molecule has 0 saturated heterocycles. The van der Waals surface area contributed by atoms with E-state index in [2.05, 4.69) is 60.9 Å². The topological polar surface area (TPSA) is 51.8 Å². The van der Waals surface area contributed by atoms with Gasteiger partial charge in [-0.05, 0) is 46.6 Å². The molecule has 0 amide bonds. The first-order valence-corrected chi connectivity index (χ1v) is 8.36. The molecule has 100 valence electrons. The van der Waals surface area contributed by atoms with E-state index in [1.165, 1.54) is 4.90 Å². The summed E-state index contributed by atoms with van der Waals surface area (Å²) in [6, 6.07) is 8.18. The lowest BCUT2D eigenvalue weighted by atomic mass is 10.3. The van der Waals surface area contributed by atoms with Crippen molar-refractivity contribution in [2.24, 2.45) is 0 Å². The number of thioether (sulfide) groups is 1. The van der Waals surface area contributed by atoms with Gasteiger partial charge < -0.3 is 5.73 Å². The molecule has 1 aromatic carbocycles. The highest BCUT2D eigenvalue weighted by atomic mass is 79.9. The highest BCUT2D eigenvalue weighted by Gasteiger charge is 2.08. The number of halogens is 2. The smallest absolute Gasteiger partial charge is 0.141 e. The quantitative estimate of drug-likeness (QED) is 0.768. The minimum Gasteiger partial charge on any atom is -0.383 e. The molecule has 0 aliphatic rings. The van der Waals surface area contributed by atoms with Crippen LogP contribution in [0, 0.1) is 0 Å². The molecule has 0 radical (unpaired) electrons. The minimum absolute atomic E-state index is 0.512. The molecule has 0 fully saturated rings.